The van der Waals surface area contributed by atoms with Crippen molar-refractivity contribution in [3.63, 3.8) is 0 Å². The zero-order valence-electron chi connectivity index (χ0n) is 16.8. The first-order valence-corrected chi connectivity index (χ1v) is 9.98. The first-order chi connectivity index (χ1) is 13.6. The molecule has 0 heterocycles. The molecule has 1 aliphatic rings. The Hall–Kier alpha value is -2.09. The van der Waals surface area contributed by atoms with Crippen LogP contribution in [0.4, 0.5) is 13.2 Å². The lowest BCUT2D eigenvalue weighted by Gasteiger charge is -2.25. The highest BCUT2D eigenvalue weighted by Gasteiger charge is 2.38. The topological polar surface area (TPSA) is 92.4 Å². The molecule has 1 aromatic rings. The first-order valence-electron chi connectivity index (χ1n) is 9.98. The van der Waals surface area contributed by atoms with Crippen LogP contribution in [0, 0.1) is 5.92 Å². The Bertz CT molecular complexity index is 644. The third kappa shape index (κ3) is 10.9. The van der Waals surface area contributed by atoms with E-state index < -0.39 is 12.1 Å². The lowest BCUT2D eigenvalue weighted by atomic mass is 9.85. The maximum Gasteiger partial charge on any atom is 0.490 e. The SMILES string of the molecule is CC(CC1CCCCC1)NCc1ccccc1CCC(N)=O.O=C(O)C(F)(F)F. The van der Waals surface area contributed by atoms with Gasteiger partial charge in [-0.3, -0.25) is 4.79 Å². The van der Waals surface area contributed by atoms with Gasteiger partial charge in [0.2, 0.25) is 5.91 Å². The second kappa shape index (κ2) is 12.5. The molecule has 1 aliphatic carbocycles. The summed E-state index contributed by atoms with van der Waals surface area (Å²) >= 11 is 0. The van der Waals surface area contributed by atoms with Gasteiger partial charge in [0.1, 0.15) is 0 Å². The molecule has 8 heteroatoms. The number of hydrogen-bond acceptors (Lipinski definition) is 3. The quantitative estimate of drug-likeness (QED) is 0.593. The number of hydrogen-bond donors (Lipinski definition) is 3. The van der Waals surface area contributed by atoms with E-state index in [0.29, 0.717) is 12.5 Å². The number of primary amides is 1. The Morgan fingerprint density at radius 1 is 1.17 bits per heavy atom. The first kappa shape index (κ1) is 24.9. The van der Waals surface area contributed by atoms with Crippen molar-refractivity contribution in [3.05, 3.63) is 35.4 Å². The molecule has 1 fully saturated rings. The zero-order valence-corrected chi connectivity index (χ0v) is 16.8. The van der Waals surface area contributed by atoms with Gasteiger partial charge in [-0.05, 0) is 36.8 Å². The van der Waals surface area contributed by atoms with E-state index >= 15 is 0 Å². The van der Waals surface area contributed by atoms with Crippen molar-refractivity contribution in [2.24, 2.45) is 11.7 Å². The van der Waals surface area contributed by atoms with Crippen LogP contribution >= 0.6 is 0 Å². The molecule has 0 spiro atoms. The van der Waals surface area contributed by atoms with Crippen molar-refractivity contribution >= 4 is 11.9 Å². The van der Waals surface area contributed by atoms with Crippen LogP contribution in [0.1, 0.15) is 63.0 Å². The molecule has 1 unspecified atom stereocenters. The van der Waals surface area contributed by atoms with E-state index in [1.165, 1.54) is 49.7 Å². The van der Waals surface area contributed by atoms with Crippen molar-refractivity contribution in [1.82, 2.24) is 5.32 Å². The predicted molar refractivity (Wildman–Crippen MR) is 105 cm³/mol. The van der Waals surface area contributed by atoms with Crippen LogP contribution in [-0.2, 0) is 22.6 Å². The summed E-state index contributed by atoms with van der Waals surface area (Å²) in [5.74, 6) is -2.08. The summed E-state index contributed by atoms with van der Waals surface area (Å²) in [5.41, 5.74) is 7.79. The molecule has 0 radical (unpaired) electrons. The minimum absolute atomic E-state index is 0.228. The van der Waals surface area contributed by atoms with Crippen LogP contribution in [0.2, 0.25) is 0 Å². The molecule has 1 saturated carbocycles. The van der Waals surface area contributed by atoms with Gasteiger partial charge in [0.25, 0.3) is 0 Å². The largest absolute Gasteiger partial charge is 0.490 e. The fourth-order valence-corrected chi connectivity index (χ4v) is 3.52. The van der Waals surface area contributed by atoms with Crippen LogP contribution in [0.25, 0.3) is 0 Å². The number of alkyl halides is 3. The predicted octanol–water partition coefficient (Wildman–Crippen LogP) is 4.19. The molecular formula is C21H31F3N2O3. The highest BCUT2D eigenvalue weighted by atomic mass is 19.4. The molecule has 1 aromatic carbocycles. The smallest absolute Gasteiger partial charge is 0.475 e. The normalized spacial score (nSPS) is 15.9. The molecular weight excluding hydrogens is 385 g/mol. The lowest BCUT2D eigenvalue weighted by Crippen LogP contribution is -2.29. The Morgan fingerprint density at radius 3 is 2.24 bits per heavy atom. The fraction of sp³-hybridized carbons (Fsp3) is 0.619. The summed E-state index contributed by atoms with van der Waals surface area (Å²) in [4.78, 5) is 19.9. The number of nitrogens with two attached hydrogens (primary N) is 1. The molecule has 29 heavy (non-hydrogen) atoms. The number of aryl methyl sites for hydroxylation is 1. The van der Waals surface area contributed by atoms with Gasteiger partial charge in [0.05, 0.1) is 0 Å². The van der Waals surface area contributed by atoms with E-state index in [-0.39, 0.29) is 5.91 Å². The van der Waals surface area contributed by atoms with E-state index in [9.17, 15) is 18.0 Å². The Labute approximate surface area is 169 Å². The maximum atomic E-state index is 11.0. The lowest BCUT2D eigenvalue weighted by molar-refractivity contribution is -0.192. The van der Waals surface area contributed by atoms with Gasteiger partial charge in [-0.25, -0.2) is 4.79 Å². The number of carboxylic acid groups (broad SMARTS) is 1. The van der Waals surface area contributed by atoms with Gasteiger partial charge in [0.15, 0.2) is 0 Å². The molecule has 164 valence electrons. The Kier molecular flexibility index (Phi) is 10.7. The van der Waals surface area contributed by atoms with Crippen molar-refractivity contribution in [3.8, 4) is 0 Å². The van der Waals surface area contributed by atoms with Gasteiger partial charge in [-0.1, -0.05) is 56.4 Å². The number of carbonyl (C=O) groups excluding carboxylic acids is 1. The minimum atomic E-state index is -5.08. The van der Waals surface area contributed by atoms with Gasteiger partial charge in [0, 0.05) is 19.0 Å². The number of rotatable bonds is 8. The molecule has 0 aliphatic heterocycles. The number of aliphatic carboxylic acids is 1. The monoisotopic (exact) mass is 416 g/mol. The average Bonchev–Trinajstić information content (AvgIpc) is 2.66. The summed E-state index contributed by atoms with van der Waals surface area (Å²) in [6.07, 6.45) is 4.41. The molecule has 0 bridgehead atoms. The third-order valence-electron chi connectivity index (χ3n) is 5.05. The second-order valence-corrected chi connectivity index (χ2v) is 7.56. The summed E-state index contributed by atoms with van der Waals surface area (Å²) in [7, 11) is 0. The number of benzene rings is 1. The number of amides is 1. The molecule has 0 aromatic heterocycles. The van der Waals surface area contributed by atoms with Crippen LogP contribution < -0.4 is 11.1 Å². The third-order valence-corrected chi connectivity index (χ3v) is 5.05. The second-order valence-electron chi connectivity index (χ2n) is 7.56. The van der Waals surface area contributed by atoms with Crippen molar-refractivity contribution in [2.45, 2.75) is 77.1 Å². The Balaban J connectivity index is 0.000000516. The standard InChI is InChI=1S/C19H30N2O.C2HF3O2/c1-15(13-16-7-3-2-4-8-16)21-14-18-10-6-5-9-17(18)11-12-19(20)22;3-2(4,5)1(6)7/h5-6,9-10,15-16,21H,2-4,7-8,11-14H2,1H3,(H2,20,22);(H,6,7). The van der Waals surface area contributed by atoms with E-state index in [2.05, 4.69) is 30.4 Å². The summed E-state index contributed by atoms with van der Waals surface area (Å²) < 4.78 is 31.7. The van der Waals surface area contributed by atoms with Crippen LogP contribution in [0.3, 0.4) is 0 Å². The fourth-order valence-electron chi connectivity index (χ4n) is 3.52. The molecule has 0 saturated heterocycles. The highest BCUT2D eigenvalue weighted by molar-refractivity contribution is 5.74. The summed E-state index contributed by atoms with van der Waals surface area (Å²) in [5, 5.41) is 10.8. The number of nitrogens with one attached hydrogen (secondary N) is 1. The number of carboxylic acids is 1. The molecule has 4 N–H and O–H groups in total. The summed E-state index contributed by atoms with van der Waals surface area (Å²) in [6, 6.07) is 8.90. The van der Waals surface area contributed by atoms with Gasteiger partial charge in [-0.15, -0.1) is 0 Å². The Morgan fingerprint density at radius 2 is 1.72 bits per heavy atom. The van der Waals surface area contributed by atoms with Crippen LogP contribution in [0.15, 0.2) is 24.3 Å². The van der Waals surface area contributed by atoms with E-state index in [1.807, 2.05) is 6.07 Å². The zero-order chi connectivity index (χ0) is 21.9. The highest BCUT2D eigenvalue weighted by Crippen LogP contribution is 2.27. The van der Waals surface area contributed by atoms with E-state index in [0.717, 1.165) is 18.9 Å². The number of halogens is 3. The maximum absolute atomic E-state index is 11.0. The van der Waals surface area contributed by atoms with Crippen LogP contribution in [-0.4, -0.2) is 29.2 Å². The minimum Gasteiger partial charge on any atom is -0.475 e. The van der Waals surface area contributed by atoms with Gasteiger partial charge >= 0.3 is 12.1 Å². The molecule has 1 amide bonds. The summed E-state index contributed by atoms with van der Waals surface area (Å²) in [6.45, 7) is 3.17. The van der Waals surface area contributed by atoms with Gasteiger partial charge < -0.3 is 16.2 Å². The molecule has 1 atom stereocenters. The van der Waals surface area contributed by atoms with Crippen LogP contribution in [0.5, 0.6) is 0 Å². The van der Waals surface area contributed by atoms with Crippen molar-refractivity contribution in [2.75, 3.05) is 0 Å². The van der Waals surface area contributed by atoms with Crippen molar-refractivity contribution < 1.29 is 27.9 Å². The average molecular weight is 416 g/mol. The van der Waals surface area contributed by atoms with Crippen molar-refractivity contribution in [1.29, 1.82) is 0 Å². The van der Waals surface area contributed by atoms with E-state index in [4.69, 9.17) is 15.6 Å². The number of carbonyl (C=O) groups is 2. The van der Waals surface area contributed by atoms with Gasteiger partial charge in [-0.2, -0.15) is 13.2 Å². The van der Waals surface area contributed by atoms with E-state index in [1.54, 1.807) is 0 Å². The molecule has 2 rings (SSSR count). The molecule has 5 nitrogen and oxygen atoms in total.